The van der Waals surface area contributed by atoms with Gasteiger partial charge in [0, 0.05) is 24.2 Å². The average molecular weight is 341 g/mol. The highest BCUT2D eigenvalue weighted by Gasteiger charge is 2.29. The highest BCUT2D eigenvalue weighted by Crippen LogP contribution is 2.36. The van der Waals surface area contributed by atoms with Crippen LogP contribution in [0.2, 0.25) is 0 Å². The van der Waals surface area contributed by atoms with Gasteiger partial charge >= 0.3 is 0 Å². The van der Waals surface area contributed by atoms with Crippen LogP contribution in [0.15, 0.2) is 78.9 Å². The number of anilines is 1. The largest absolute Gasteiger partial charge is 0.364 e. The van der Waals surface area contributed by atoms with Crippen LogP contribution in [0.25, 0.3) is 0 Å². The minimum atomic E-state index is 0.0782. The molecule has 1 aliphatic rings. The van der Waals surface area contributed by atoms with E-state index >= 15 is 0 Å². The summed E-state index contributed by atoms with van der Waals surface area (Å²) in [6.07, 6.45) is 1.51. The van der Waals surface area contributed by atoms with E-state index in [-0.39, 0.29) is 11.8 Å². The molecule has 0 N–H and O–H groups in total. The van der Waals surface area contributed by atoms with Gasteiger partial charge in [-0.2, -0.15) is 0 Å². The SMILES string of the molecule is Cc1ccccc1C(=O)CC1c2ccccc2CCN1c1ccccc1. The lowest BCUT2D eigenvalue weighted by Gasteiger charge is -2.39. The maximum atomic E-state index is 13.1. The van der Waals surface area contributed by atoms with Gasteiger partial charge < -0.3 is 4.90 Å². The van der Waals surface area contributed by atoms with Crippen LogP contribution in [0.3, 0.4) is 0 Å². The zero-order chi connectivity index (χ0) is 17.9. The first kappa shape index (κ1) is 16.6. The molecule has 3 aromatic rings. The number of nitrogens with zero attached hydrogens (tertiary/aromatic N) is 1. The van der Waals surface area contributed by atoms with Gasteiger partial charge in [0.25, 0.3) is 0 Å². The number of hydrogen-bond acceptors (Lipinski definition) is 2. The molecule has 0 aliphatic carbocycles. The van der Waals surface area contributed by atoms with Crippen LogP contribution >= 0.6 is 0 Å². The lowest BCUT2D eigenvalue weighted by molar-refractivity contribution is 0.0971. The van der Waals surface area contributed by atoms with Gasteiger partial charge in [0.05, 0.1) is 6.04 Å². The van der Waals surface area contributed by atoms with E-state index in [1.54, 1.807) is 0 Å². The lowest BCUT2D eigenvalue weighted by atomic mass is 9.87. The number of Topliss-reactive ketones (excluding diaryl/α,β-unsaturated/α-hetero) is 1. The molecule has 1 atom stereocenters. The molecule has 0 aromatic heterocycles. The van der Waals surface area contributed by atoms with Gasteiger partial charge in [0.15, 0.2) is 5.78 Å². The molecule has 130 valence electrons. The number of carbonyl (C=O) groups is 1. The van der Waals surface area contributed by atoms with Gasteiger partial charge in [-0.15, -0.1) is 0 Å². The van der Waals surface area contributed by atoms with Gasteiger partial charge in [-0.05, 0) is 42.2 Å². The first-order valence-corrected chi connectivity index (χ1v) is 9.22. The molecular formula is C24H23NO. The van der Waals surface area contributed by atoms with Gasteiger partial charge in [-0.3, -0.25) is 4.79 Å². The number of fused-ring (bicyclic) bond motifs is 1. The van der Waals surface area contributed by atoms with E-state index in [9.17, 15) is 4.79 Å². The number of ketones is 1. The van der Waals surface area contributed by atoms with E-state index in [2.05, 4.69) is 53.4 Å². The summed E-state index contributed by atoms with van der Waals surface area (Å²) in [5, 5.41) is 0. The first-order chi connectivity index (χ1) is 12.7. The van der Waals surface area contributed by atoms with Crippen LogP contribution in [0.1, 0.15) is 39.5 Å². The topological polar surface area (TPSA) is 20.3 Å². The van der Waals surface area contributed by atoms with Crippen molar-refractivity contribution in [3.63, 3.8) is 0 Å². The van der Waals surface area contributed by atoms with Gasteiger partial charge in [-0.1, -0.05) is 66.7 Å². The molecule has 0 saturated heterocycles. The molecule has 2 heteroatoms. The number of hydrogen-bond donors (Lipinski definition) is 0. The average Bonchev–Trinajstić information content (AvgIpc) is 2.69. The van der Waals surface area contributed by atoms with Gasteiger partial charge in [0.2, 0.25) is 0 Å². The fourth-order valence-corrected chi connectivity index (χ4v) is 3.97. The third kappa shape index (κ3) is 3.15. The Morgan fingerprint density at radius 1 is 0.923 bits per heavy atom. The minimum Gasteiger partial charge on any atom is -0.364 e. The van der Waals surface area contributed by atoms with E-state index in [1.807, 2.05) is 37.3 Å². The predicted molar refractivity (Wildman–Crippen MR) is 107 cm³/mol. The van der Waals surface area contributed by atoms with Crippen molar-refractivity contribution >= 4 is 11.5 Å². The summed E-state index contributed by atoms with van der Waals surface area (Å²) in [7, 11) is 0. The van der Waals surface area contributed by atoms with E-state index in [1.165, 1.54) is 16.8 Å². The molecule has 2 nitrogen and oxygen atoms in total. The third-order valence-corrected chi connectivity index (χ3v) is 5.32. The molecular weight excluding hydrogens is 318 g/mol. The molecule has 0 bridgehead atoms. The molecule has 1 heterocycles. The standard InChI is InChI=1S/C24H23NO/c1-18-9-5-7-13-21(18)24(26)17-23-22-14-8-6-10-19(22)15-16-25(23)20-11-3-2-4-12-20/h2-14,23H,15-17H2,1H3. The maximum absolute atomic E-state index is 13.1. The lowest BCUT2D eigenvalue weighted by Crippen LogP contribution is -2.36. The van der Waals surface area contributed by atoms with Crippen molar-refractivity contribution in [1.29, 1.82) is 0 Å². The van der Waals surface area contributed by atoms with Crippen LogP contribution in [-0.2, 0) is 6.42 Å². The summed E-state index contributed by atoms with van der Waals surface area (Å²) in [5.41, 5.74) is 5.72. The van der Waals surface area contributed by atoms with E-state index in [0.29, 0.717) is 6.42 Å². The zero-order valence-electron chi connectivity index (χ0n) is 15.1. The Hall–Kier alpha value is -2.87. The van der Waals surface area contributed by atoms with Crippen molar-refractivity contribution in [3.05, 3.63) is 101 Å². The molecule has 3 aromatic carbocycles. The summed E-state index contributed by atoms with van der Waals surface area (Å²) in [6.45, 7) is 2.95. The van der Waals surface area contributed by atoms with E-state index < -0.39 is 0 Å². The summed E-state index contributed by atoms with van der Waals surface area (Å²) < 4.78 is 0. The van der Waals surface area contributed by atoms with Crippen molar-refractivity contribution in [2.45, 2.75) is 25.8 Å². The zero-order valence-corrected chi connectivity index (χ0v) is 15.1. The molecule has 26 heavy (non-hydrogen) atoms. The Bertz CT molecular complexity index is 916. The molecule has 0 spiro atoms. The second kappa shape index (κ2) is 7.17. The molecule has 0 amide bonds. The summed E-state index contributed by atoms with van der Waals surface area (Å²) in [6, 6.07) is 27.0. The monoisotopic (exact) mass is 341 g/mol. The van der Waals surface area contributed by atoms with E-state index in [0.717, 1.165) is 24.1 Å². The highest BCUT2D eigenvalue weighted by molar-refractivity contribution is 5.98. The van der Waals surface area contributed by atoms with Crippen molar-refractivity contribution in [1.82, 2.24) is 0 Å². The Labute approximate surface area is 155 Å². The molecule has 1 unspecified atom stereocenters. The van der Waals surface area contributed by atoms with Gasteiger partial charge in [-0.25, -0.2) is 0 Å². The van der Waals surface area contributed by atoms with Crippen LogP contribution < -0.4 is 4.90 Å². The number of benzene rings is 3. The molecule has 1 aliphatic heterocycles. The number of para-hydroxylation sites is 1. The smallest absolute Gasteiger partial charge is 0.165 e. The second-order valence-electron chi connectivity index (χ2n) is 6.94. The quantitative estimate of drug-likeness (QED) is 0.594. The summed E-state index contributed by atoms with van der Waals surface area (Å²) in [4.78, 5) is 15.5. The second-order valence-corrected chi connectivity index (χ2v) is 6.94. The van der Waals surface area contributed by atoms with Crippen molar-refractivity contribution < 1.29 is 4.79 Å². The van der Waals surface area contributed by atoms with Crippen molar-refractivity contribution in [2.75, 3.05) is 11.4 Å². The predicted octanol–water partition coefficient (Wildman–Crippen LogP) is 5.37. The highest BCUT2D eigenvalue weighted by atomic mass is 16.1. The molecule has 0 saturated carbocycles. The van der Waals surface area contributed by atoms with Crippen LogP contribution in [0, 0.1) is 6.92 Å². The Morgan fingerprint density at radius 2 is 1.62 bits per heavy atom. The number of rotatable bonds is 4. The third-order valence-electron chi connectivity index (χ3n) is 5.32. The summed E-state index contributed by atoms with van der Waals surface area (Å²) in [5.74, 6) is 0.214. The van der Waals surface area contributed by atoms with Crippen LogP contribution in [0.4, 0.5) is 5.69 Å². The first-order valence-electron chi connectivity index (χ1n) is 9.22. The number of aryl methyl sites for hydroxylation is 1. The fourth-order valence-electron chi connectivity index (χ4n) is 3.97. The van der Waals surface area contributed by atoms with Crippen LogP contribution in [0.5, 0.6) is 0 Å². The fraction of sp³-hybridized carbons (Fsp3) is 0.208. The van der Waals surface area contributed by atoms with Crippen molar-refractivity contribution in [2.24, 2.45) is 0 Å². The molecule has 0 fully saturated rings. The Morgan fingerprint density at radius 3 is 2.42 bits per heavy atom. The van der Waals surface area contributed by atoms with Gasteiger partial charge in [0.1, 0.15) is 0 Å². The van der Waals surface area contributed by atoms with E-state index in [4.69, 9.17) is 0 Å². The molecule has 0 radical (unpaired) electrons. The Balaban J connectivity index is 1.71. The van der Waals surface area contributed by atoms with Crippen molar-refractivity contribution in [3.8, 4) is 0 Å². The maximum Gasteiger partial charge on any atom is 0.165 e. The summed E-state index contributed by atoms with van der Waals surface area (Å²) >= 11 is 0. The van der Waals surface area contributed by atoms with Crippen LogP contribution in [-0.4, -0.2) is 12.3 Å². The minimum absolute atomic E-state index is 0.0782. The molecule has 4 rings (SSSR count). The normalized spacial score (nSPS) is 16.2. The Kier molecular flexibility index (Phi) is 4.57. The number of carbonyl (C=O) groups excluding carboxylic acids is 1.